The lowest BCUT2D eigenvalue weighted by Gasteiger charge is -2.07. The first-order valence-electron chi connectivity index (χ1n) is 6.46. The monoisotopic (exact) mass is 270 g/mol. The van der Waals surface area contributed by atoms with Crippen LogP contribution >= 0.6 is 0 Å². The van der Waals surface area contributed by atoms with Crippen molar-refractivity contribution in [3.8, 4) is 0 Å². The Kier molecular flexibility index (Phi) is 4.94. The van der Waals surface area contributed by atoms with E-state index in [4.69, 9.17) is 0 Å². The number of nitrogens with zero attached hydrogens (tertiary/aromatic N) is 2. The molecule has 0 fully saturated rings. The quantitative estimate of drug-likeness (QED) is 0.788. The number of rotatable bonds is 6. The lowest BCUT2D eigenvalue weighted by atomic mass is 10.1. The second kappa shape index (κ2) is 7.13. The molecule has 5 nitrogen and oxygen atoms in total. The Balaban J connectivity index is 1.82. The molecule has 0 bridgehead atoms. The molecular weight excluding hydrogens is 252 g/mol. The topological polar surface area (TPSA) is 59.0 Å². The van der Waals surface area contributed by atoms with E-state index in [1.165, 1.54) is 5.56 Å². The van der Waals surface area contributed by atoms with Gasteiger partial charge in [-0.3, -0.25) is 4.68 Å². The maximum Gasteiger partial charge on any atom is 0.315 e. The number of nitrogens with one attached hydrogen (secondary N) is 2. The van der Waals surface area contributed by atoms with Crippen LogP contribution in [0.15, 0.2) is 55.4 Å². The van der Waals surface area contributed by atoms with E-state index in [2.05, 4.69) is 22.3 Å². The molecule has 104 valence electrons. The predicted octanol–water partition coefficient (Wildman–Crippen LogP) is 1.92. The summed E-state index contributed by atoms with van der Waals surface area (Å²) in [5.74, 6) is 0. The van der Waals surface area contributed by atoms with Gasteiger partial charge in [-0.1, -0.05) is 30.3 Å². The van der Waals surface area contributed by atoms with E-state index in [1.54, 1.807) is 12.3 Å². The Morgan fingerprint density at radius 1 is 1.25 bits per heavy atom. The fourth-order valence-electron chi connectivity index (χ4n) is 1.75. The molecule has 20 heavy (non-hydrogen) atoms. The summed E-state index contributed by atoms with van der Waals surface area (Å²) in [5, 5.41) is 9.61. The molecular formula is C15H18N4O. The molecule has 2 aromatic rings. The third-order valence-corrected chi connectivity index (χ3v) is 2.79. The summed E-state index contributed by atoms with van der Waals surface area (Å²) in [6.45, 7) is 5.26. The van der Waals surface area contributed by atoms with Crippen molar-refractivity contribution in [2.45, 2.75) is 13.1 Å². The van der Waals surface area contributed by atoms with Gasteiger partial charge in [0.2, 0.25) is 0 Å². The average molecular weight is 270 g/mol. The van der Waals surface area contributed by atoms with Crippen LogP contribution in [0.3, 0.4) is 0 Å². The van der Waals surface area contributed by atoms with E-state index in [1.807, 2.05) is 41.2 Å². The summed E-state index contributed by atoms with van der Waals surface area (Å²) in [6, 6.07) is 9.81. The number of benzene rings is 1. The number of aromatic nitrogens is 2. The van der Waals surface area contributed by atoms with Crippen LogP contribution < -0.4 is 10.6 Å². The van der Waals surface area contributed by atoms with Crippen LogP contribution in [0.4, 0.5) is 4.79 Å². The normalized spacial score (nSPS) is 10.0. The van der Waals surface area contributed by atoms with Crippen LogP contribution in [0.25, 0.3) is 0 Å². The number of hydrogen-bond donors (Lipinski definition) is 2. The van der Waals surface area contributed by atoms with Crippen molar-refractivity contribution >= 4 is 6.03 Å². The molecule has 0 aliphatic rings. The van der Waals surface area contributed by atoms with Gasteiger partial charge in [0.05, 0.1) is 6.54 Å². The molecule has 0 spiro atoms. The maximum absolute atomic E-state index is 11.4. The molecule has 1 heterocycles. The molecule has 0 aliphatic heterocycles. The van der Waals surface area contributed by atoms with Crippen LogP contribution in [-0.4, -0.2) is 22.4 Å². The van der Waals surface area contributed by atoms with Crippen LogP contribution in [-0.2, 0) is 13.1 Å². The fourth-order valence-corrected chi connectivity index (χ4v) is 1.75. The van der Waals surface area contributed by atoms with E-state index in [-0.39, 0.29) is 6.03 Å². The fraction of sp³-hybridized carbons (Fsp3) is 0.200. The molecule has 1 aromatic heterocycles. The Labute approximate surface area is 118 Å². The Bertz CT molecular complexity index is 546. The third kappa shape index (κ3) is 4.28. The zero-order chi connectivity index (χ0) is 14.2. The van der Waals surface area contributed by atoms with Crippen LogP contribution in [0.5, 0.6) is 0 Å². The van der Waals surface area contributed by atoms with E-state index in [9.17, 15) is 4.79 Å². The average Bonchev–Trinajstić information content (AvgIpc) is 2.97. The van der Waals surface area contributed by atoms with Crippen LogP contribution in [0, 0.1) is 0 Å². The van der Waals surface area contributed by atoms with Crippen molar-refractivity contribution in [1.29, 1.82) is 0 Å². The van der Waals surface area contributed by atoms with Crippen molar-refractivity contribution in [2.24, 2.45) is 0 Å². The van der Waals surface area contributed by atoms with Crippen molar-refractivity contribution in [1.82, 2.24) is 20.4 Å². The minimum Gasteiger partial charge on any atom is -0.335 e. The molecule has 2 N–H and O–H groups in total. The lowest BCUT2D eigenvalue weighted by Crippen LogP contribution is -2.34. The van der Waals surface area contributed by atoms with Gasteiger partial charge in [0.15, 0.2) is 0 Å². The molecule has 0 aliphatic carbocycles. The first kappa shape index (κ1) is 13.9. The first-order chi connectivity index (χ1) is 9.78. The minimum absolute atomic E-state index is 0.189. The van der Waals surface area contributed by atoms with Gasteiger partial charge in [-0.15, -0.1) is 6.58 Å². The van der Waals surface area contributed by atoms with Crippen LogP contribution in [0.1, 0.15) is 11.1 Å². The van der Waals surface area contributed by atoms with E-state index in [0.29, 0.717) is 13.1 Å². The zero-order valence-corrected chi connectivity index (χ0v) is 11.2. The summed E-state index contributed by atoms with van der Waals surface area (Å²) < 4.78 is 1.87. The number of amides is 2. The van der Waals surface area contributed by atoms with Gasteiger partial charge in [0.25, 0.3) is 0 Å². The molecule has 0 radical (unpaired) electrons. The van der Waals surface area contributed by atoms with E-state index in [0.717, 1.165) is 12.1 Å². The smallest absolute Gasteiger partial charge is 0.315 e. The molecule has 2 rings (SSSR count). The van der Waals surface area contributed by atoms with E-state index < -0.39 is 0 Å². The number of urea groups is 1. The Morgan fingerprint density at radius 2 is 2.00 bits per heavy atom. The highest BCUT2D eigenvalue weighted by Crippen LogP contribution is 2.06. The summed E-state index contributed by atoms with van der Waals surface area (Å²) in [4.78, 5) is 11.4. The first-order valence-corrected chi connectivity index (χ1v) is 6.46. The SMILES string of the molecule is C=CCNC(=O)NCc1ccc(Cn2cccn2)cc1. The molecule has 1 aromatic carbocycles. The highest BCUT2D eigenvalue weighted by Gasteiger charge is 2.00. The van der Waals surface area contributed by atoms with Gasteiger partial charge in [0, 0.05) is 25.5 Å². The molecule has 5 heteroatoms. The van der Waals surface area contributed by atoms with E-state index >= 15 is 0 Å². The van der Waals surface area contributed by atoms with Crippen molar-refractivity contribution in [3.05, 3.63) is 66.5 Å². The Hall–Kier alpha value is -2.56. The van der Waals surface area contributed by atoms with Gasteiger partial charge in [0.1, 0.15) is 0 Å². The number of hydrogen-bond acceptors (Lipinski definition) is 2. The number of carbonyl (C=O) groups is 1. The van der Waals surface area contributed by atoms with Gasteiger partial charge < -0.3 is 10.6 Å². The summed E-state index contributed by atoms with van der Waals surface area (Å²) >= 11 is 0. The van der Waals surface area contributed by atoms with Crippen molar-refractivity contribution in [2.75, 3.05) is 6.54 Å². The van der Waals surface area contributed by atoms with Gasteiger partial charge in [-0.05, 0) is 17.2 Å². The lowest BCUT2D eigenvalue weighted by molar-refractivity contribution is 0.241. The Morgan fingerprint density at radius 3 is 2.65 bits per heavy atom. The maximum atomic E-state index is 11.4. The van der Waals surface area contributed by atoms with Crippen molar-refractivity contribution in [3.63, 3.8) is 0 Å². The molecule has 0 saturated heterocycles. The largest absolute Gasteiger partial charge is 0.335 e. The molecule has 0 atom stereocenters. The minimum atomic E-state index is -0.189. The second-order valence-electron chi connectivity index (χ2n) is 4.37. The summed E-state index contributed by atoms with van der Waals surface area (Å²) in [7, 11) is 0. The third-order valence-electron chi connectivity index (χ3n) is 2.79. The van der Waals surface area contributed by atoms with Crippen molar-refractivity contribution < 1.29 is 4.79 Å². The standard InChI is InChI=1S/C15H18N4O/c1-2-8-16-15(20)17-11-13-4-6-14(7-5-13)12-19-10-3-9-18-19/h2-7,9-10H,1,8,11-12H2,(H2,16,17,20). The molecule has 0 unspecified atom stereocenters. The molecule has 0 saturated carbocycles. The zero-order valence-electron chi connectivity index (χ0n) is 11.2. The summed E-state index contributed by atoms with van der Waals surface area (Å²) in [6.07, 6.45) is 5.34. The second-order valence-corrected chi connectivity index (χ2v) is 4.37. The predicted molar refractivity (Wildman–Crippen MR) is 78.2 cm³/mol. The highest BCUT2D eigenvalue weighted by atomic mass is 16.2. The number of carbonyl (C=O) groups excluding carboxylic acids is 1. The highest BCUT2D eigenvalue weighted by molar-refractivity contribution is 5.73. The van der Waals surface area contributed by atoms with Gasteiger partial charge >= 0.3 is 6.03 Å². The summed E-state index contributed by atoms with van der Waals surface area (Å²) in [5.41, 5.74) is 2.23. The van der Waals surface area contributed by atoms with Crippen LogP contribution in [0.2, 0.25) is 0 Å². The van der Waals surface area contributed by atoms with Gasteiger partial charge in [-0.2, -0.15) is 5.10 Å². The molecule has 2 amide bonds. The van der Waals surface area contributed by atoms with Gasteiger partial charge in [-0.25, -0.2) is 4.79 Å².